The summed E-state index contributed by atoms with van der Waals surface area (Å²) in [6, 6.07) is 2.55. The summed E-state index contributed by atoms with van der Waals surface area (Å²) in [6.07, 6.45) is 0. The van der Waals surface area contributed by atoms with E-state index >= 15 is 0 Å². The van der Waals surface area contributed by atoms with Gasteiger partial charge in [-0.25, -0.2) is 4.39 Å². The van der Waals surface area contributed by atoms with Crippen molar-refractivity contribution in [3.8, 4) is 0 Å². The Morgan fingerprint density at radius 1 is 1.58 bits per heavy atom. The lowest BCUT2D eigenvalue weighted by Gasteiger charge is -2.01. The number of hydrogen-bond donors (Lipinski definition) is 0. The molecular formula is C7H2BrClFIO. The molecule has 1 aromatic rings. The summed E-state index contributed by atoms with van der Waals surface area (Å²) < 4.78 is 13.6. The molecule has 0 unspecified atom stereocenters. The van der Waals surface area contributed by atoms with Gasteiger partial charge in [0, 0.05) is 10.0 Å². The van der Waals surface area contributed by atoms with E-state index in [0.29, 0.717) is 8.04 Å². The molecule has 0 fully saturated rings. The van der Waals surface area contributed by atoms with Crippen LogP contribution in [0.2, 0.25) is 0 Å². The Kier molecular flexibility index (Phi) is 3.48. The number of rotatable bonds is 1. The fourth-order valence-corrected chi connectivity index (χ4v) is 1.92. The third-order valence-electron chi connectivity index (χ3n) is 1.25. The highest BCUT2D eigenvalue weighted by Gasteiger charge is 2.12. The van der Waals surface area contributed by atoms with Crippen LogP contribution in [0.3, 0.4) is 0 Å². The van der Waals surface area contributed by atoms with Crippen molar-refractivity contribution in [2.75, 3.05) is 0 Å². The van der Waals surface area contributed by atoms with Crippen LogP contribution in [-0.4, -0.2) is 5.24 Å². The van der Waals surface area contributed by atoms with Crippen molar-refractivity contribution >= 4 is 55.4 Å². The van der Waals surface area contributed by atoms with Crippen molar-refractivity contribution in [1.82, 2.24) is 0 Å². The number of hydrogen-bond acceptors (Lipinski definition) is 1. The van der Waals surface area contributed by atoms with Gasteiger partial charge in [-0.2, -0.15) is 0 Å². The van der Waals surface area contributed by atoms with Gasteiger partial charge < -0.3 is 0 Å². The van der Waals surface area contributed by atoms with Crippen molar-refractivity contribution in [2.45, 2.75) is 0 Å². The molecule has 0 atom stereocenters. The molecule has 0 aliphatic rings. The van der Waals surface area contributed by atoms with Crippen molar-refractivity contribution in [1.29, 1.82) is 0 Å². The quantitative estimate of drug-likeness (QED) is 0.424. The Hall–Kier alpha value is 0.320. The van der Waals surface area contributed by atoms with Crippen LogP contribution in [0.4, 0.5) is 4.39 Å². The summed E-state index contributed by atoms with van der Waals surface area (Å²) in [5.74, 6) is -0.371. The highest BCUT2D eigenvalue weighted by molar-refractivity contribution is 14.1. The molecule has 0 radical (unpaired) electrons. The van der Waals surface area contributed by atoms with Crippen LogP contribution >= 0.6 is 50.1 Å². The molecule has 0 aromatic heterocycles. The first kappa shape index (κ1) is 10.4. The smallest absolute Gasteiger partial charge is 0.253 e. The molecule has 64 valence electrons. The molecule has 0 aliphatic heterocycles. The van der Waals surface area contributed by atoms with Crippen LogP contribution in [0.25, 0.3) is 0 Å². The minimum absolute atomic E-state index is 0.280. The zero-order valence-electron chi connectivity index (χ0n) is 5.57. The van der Waals surface area contributed by atoms with Gasteiger partial charge >= 0.3 is 0 Å². The molecule has 1 nitrogen and oxygen atoms in total. The summed E-state index contributed by atoms with van der Waals surface area (Å²) in [5.41, 5.74) is 0.280. The Morgan fingerprint density at radius 2 is 2.17 bits per heavy atom. The molecule has 0 saturated heterocycles. The third-order valence-corrected chi connectivity index (χ3v) is 4.07. The Labute approximate surface area is 95.6 Å². The van der Waals surface area contributed by atoms with Gasteiger partial charge in [-0.1, -0.05) is 0 Å². The molecule has 0 aliphatic carbocycles. The number of benzene rings is 1. The average molecular weight is 363 g/mol. The minimum atomic E-state index is -0.597. The van der Waals surface area contributed by atoms with Gasteiger partial charge in [0.1, 0.15) is 5.82 Å². The van der Waals surface area contributed by atoms with Crippen LogP contribution in [0, 0.1) is 9.39 Å². The second-order valence-electron chi connectivity index (χ2n) is 2.00. The van der Waals surface area contributed by atoms with Crippen molar-refractivity contribution < 1.29 is 9.18 Å². The van der Waals surface area contributed by atoms with E-state index in [9.17, 15) is 9.18 Å². The van der Waals surface area contributed by atoms with Gasteiger partial charge in [0.15, 0.2) is 0 Å². The third kappa shape index (κ3) is 1.97. The van der Waals surface area contributed by atoms with E-state index in [-0.39, 0.29) is 11.4 Å². The first-order chi connectivity index (χ1) is 5.54. The molecular weight excluding hydrogens is 361 g/mol. The molecule has 12 heavy (non-hydrogen) atoms. The number of carbonyl (C=O) groups excluding carboxylic acids is 1. The van der Waals surface area contributed by atoms with Crippen LogP contribution in [0.15, 0.2) is 16.6 Å². The lowest BCUT2D eigenvalue weighted by molar-refractivity contribution is 0.108. The molecule has 0 spiro atoms. The van der Waals surface area contributed by atoms with E-state index < -0.39 is 5.24 Å². The fourth-order valence-electron chi connectivity index (χ4n) is 0.678. The highest BCUT2D eigenvalue weighted by atomic mass is 127. The zero-order valence-corrected chi connectivity index (χ0v) is 10.1. The lowest BCUT2D eigenvalue weighted by Crippen LogP contribution is -1.94. The summed E-state index contributed by atoms with van der Waals surface area (Å²) >= 11 is 10.1. The molecule has 0 N–H and O–H groups in total. The fraction of sp³-hybridized carbons (Fsp3) is 0. The van der Waals surface area contributed by atoms with Gasteiger partial charge in [0.2, 0.25) is 0 Å². The minimum Gasteiger partial charge on any atom is -0.276 e. The molecule has 0 saturated carbocycles. The predicted octanol–water partition coefficient (Wildman–Crippen LogP) is 3.57. The maximum absolute atomic E-state index is 12.8. The van der Waals surface area contributed by atoms with E-state index in [1.54, 1.807) is 22.6 Å². The Balaban J connectivity index is 3.36. The van der Waals surface area contributed by atoms with E-state index in [4.69, 9.17) is 11.6 Å². The molecule has 1 aromatic carbocycles. The highest BCUT2D eigenvalue weighted by Crippen LogP contribution is 2.26. The Morgan fingerprint density at radius 3 is 2.67 bits per heavy atom. The molecule has 1 rings (SSSR count). The molecule has 5 heteroatoms. The molecule has 0 bridgehead atoms. The van der Waals surface area contributed by atoms with Crippen molar-refractivity contribution in [3.05, 3.63) is 31.6 Å². The first-order valence-electron chi connectivity index (χ1n) is 2.87. The maximum Gasteiger partial charge on any atom is 0.253 e. The second-order valence-corrected chi connectivity index (χ2v) is 4.21. The van der Waals surface area contributed by atoms with Gasteiger partial charge in [0.25, 0.3) is 5.24 Å². The topological polar surface area (TPSA) is 17.1 Å². The van der Waals surface area contributed by atoms with Gasteiger partial charge in [-0.05, 0) is 62.3 Å². The van der Waals surface area contributed by atoms with Crippen LogP contribution in [0.1, 0.15) is 10.4 Å². The lowest BCUT2D eigenvalue weighted by atomic mass is 10.2. The van der Waals surface area contributed by atoms with Crippen molar-refractivity contribution in [2.24, 2.45) is 0 Å². The standard InChI is InChI=1S/C7H2BrClFIO/c8-5-3(7(9)12)1-2-4(10)6(5)11/h1-2H. The molecule has 0 heterocycles. The second kappa shape index (κ2) is 4.02. The maximum atomic E-state index is 12.8. The summed E-state index contributed by atoms with van der Waals surface area (Å²) in [6.45, 7) is 0. The largest absolute Gasteiger partial charge is 0.276 e. The van der Waals surface area contributed by atoms with Crippen LogP contribution < -0.4 is 0 Å². The summed E-state index contributed by atoms with van der Waals surface area (Å²) in [7, 11) is 0. The monoisotopic (exact) mass is 362 g/mol. The summed E-state index contributed by atoms with van der Waals surface area (Å²) in [4.78, 5) is 10.7. The number of carbonyl (C=O) groups is 1. The normalized spacial score (nSPS) is 10.0. The van der Waals surface area contributed by atoms with Gasteiger partial charge in [-0.15, -0.1) is 0 Å². The van der Waals surface area contributed by atoms with E-state index in [2.05, 4.69) is 15.9 Å². The molecule has 0 amide bonds. The van der Waals surface area contributed by atoms with Gasteiger partial charge in [-0.3, -0.25) is 4.79 Å². The Bertz CT molecular complexity index is 342. The van der Waals surface area contributed by atoms with E-state index in [1.807, 2.05) is 0 Å². The van der Waals surface area contributed by atoms with Gasteiger partial charge in [0.05, 0.1) is 3.57 Å². The summed E-state index contributed by atoms with van der Waals surface area (Å²) in [5, 5.41) is -0.597. The first-order valence-corrected chi connectivity index (χ1v) is 5.12. The van der Waals surface area contributed by atoms with Crippen LogP contribution in [0.5, 0.6) is 0 Å². The van der Waals surface area contributed by atoms with E-state index in [1.165, 1.54) is 12.1 Å². The number of halogens is 4. The zero-order chi connectivity index (χ0) is 9.30. The van der Waals surface area contributed by atoms with E-state index in [0.717, 1.165) is 0 Å². The average Bonchev–Trinajstić information content (AvgIpc) is 2.00. The predicted molar refractivity (Wildman–Crippen MR) is 57.0 cm³/mol. The van der Waals surface area contributed by atoms with Crippen LogP contribution in [-0.2, 0) is 0 Å². The SMILES string of the molecule is O=C(Cl)c1ccc(F)c(I)c1Br. The van der Waals surface area contributed by atoms with Crippen molar-refractivity contribution in [3.63, 3.8) is 0 Å².